The number of hydrogen-bond acceptors (Lipinski definition) is 0. The van der Waals surface area contributed by atoms with Crippen LogP contribution >= 0.6 is 0 Å². The highest BCUT2D eigenvalue weighted by atomic mass is 19.2. The molecule has 1 nitrogen and oxygen atoms in total. The predicted octanol–water partition coefficient (Wildman–Crippen LogP) is 6.97. The first kappa shape index (κ1) is 41.5. The van der Waals surface area contributed by atoms with Crippen LogP contribution in [0.3, 0.4) is 0 Å². The van der Waals surface area contributed by atoms with Crippen LogP contribution in [0.4, 0.5) is 93.5 Å². The van der Waals surface area contributed by atoms with Crippen molar-refractivity contribution in [3.63, 3.8) is 0 Å². The number of hydrogen-bond donors (Lipinski definition) is 1. The molecular formula is C32H12BF20N. The number of rotatable bonds is 5. The lowest BCUT2D eigenvalue weighted by Gasteiger charge is -2.44. The van der Waals surface area contributed by atoms with Gasteiger partial charge in [-0.1, -0.05) is 25.1 Å². The number of aryl methyl sites for hydroxylation is 1. The van der Waals surface area contributed by atoms with Gasteiger partial charge in [0.25, 0.3) is 0 Å². The van der Waals surface area contributed by atoms with Crippen LogP contribution in [-0.2, 0) is 6.42 Å². The average molecular weight is 801 g/mol. The molecule has 0 bridgehead atoms. The maximum atomic E-state index is 15.4. The second-order valence-electron chi connectivity index (χ2n) is 10.9. The van der Waals surface area contributed by atoms with E-state index in [4.69, 9.17) is 0 Å². The zero-order chi connectivity index (χ0) is 41.0. The topological polar surface area (TPSA) is 27.6 Å². The van der Waals surface area contributed by atoms with E-state index in [0.29, 0.717) is 0 Å². The van der Waals surface area contributed by atoms with Crippen molar-refractivity contribution in [2.45, 2.75) is 13.3 Å². The van der Waals surface area contributed by atoms with Crippen LogP contribution in [0.5, 0.6) is 0 Å². The lowest BCUT2D eigenvalue weighted by molar-refractivity contribution is -0.255. The second kappa shape index (κ2) is 14.9. The Hall–Kier alpha value is -5.28. The molecule has 0 atom stereocenters. The standard InChI is InChI=1S/C24BF20.C8H11N/c26-5-1(6(27)14(35)21(42)13(5)34)25(2-7(28)15(36)22(43)16(37)8(2)29,3-9(30)17(38)23(44)18(39)10(3)31)4-11(32)19(40)24(45)20(41)12(4)33;1-2-7-5-3-4-6-8(7)9/h;3-6H,2,9H2,1H3/q-1;/p+1. The highest BCUT2D eigenvalue weighted by Gasteiger charge is 2.52. The van der Waals surface area contributed by atoms with Crippen LogP contribution in [0, 0.1) is 116 Å². The molecule has 54 heavy (non-hydrogen) atoms. The van der Waals surface area contributed by atoms with Gasteiger partial charge in [-0.25, -0.2) is 87.8 Å². The van der Waals surface area contributed by atoms with Gasteiger partial charge >= 0.3 is 0 Å². The Labute approximate surface area is 287 Å². The van der Waals surface area contributed by atoms with E-state index in [-0.39, 0.29) is 0 Å². The molecule has 0 aliphatic carbocycles. The van der Waals surface area contributed by atoms with E-state index in [9.17, 15) is 52.7 Å². The van der Waals surface area contributed by atoms with E-state index in [1.807, 2.05) is 18.2 Å². The predicted molar refractivity (Wildman–Crippen MR) is 148 cm³/mol. The fourth-order valence-corrected chi connectivity index (χ4v) is 5.78. The van der Waals surface area contributed by atoms with E-state index in [1.54, 1.807) is 0 Å². The van der Waals surface area contributed by atoms with Crippen molar-refractivity contribution in [2.75, 3.05) is 0 Å². The summed E-state index contributed by atoms with van der Waals surface area (Å²) in [5.74, 6) is -71.4. The summed E-state index contributed by atoms with van der Waals surface area (Å²) in [6.45, 7) is 2.14. The molecule has 288 valence electrons. The van der Waals surface area contributed by atoms with E-state index < -0.39 is 144 Å². The minimum Gasteiger partial charge on any atom is -0.325 e. The molecule has 0 aliphatic rings. The Morgan fingerprint density at radius 1 is 0.333 bits per heavy atom. The van der Waals surface area contributed by atoms with Gasteiger partial charge in [-0.05, 0) is 12.5 Å². The first-order chi connectivity index (χ1) is 25.0. The molecule has 5 aromatic rings. The maximum Gasteiger partial charge on any atom is 0.200 e. The normalized spacial score (nSPS) is 11.6. The minimum atomic E-state index is -7.22. The van der Waals surface area contributed by atoms with Crippen molar-refractivity contribution in [1.82, 2.24) is 0 Å². The first-order valence-electron chi connectivity index (χ1n) is 14.2. The SMILES string of the molecule is CCc1ccccc1[NH3+].Fc1c(F)c(F)c([B-](c2c(F)c(F)c(F)c(F)c2F)(c2c(F)c(F)c(F)c(F)c2F)c2c(F)c(F)c(F)c(F)c2F)c(F)c1F. The molecule has 0 aliphatic heterocycles. The molecule has 0 saturated heterocycles. The molecular weight excluding hydrogens is 789 g/mol. The third-order valence-corrected chi connectivity index (χ3v) is 8.21. The van der Waals surface area contributed by atoms with Gasteiger partial charge in [-0.15, -0.1) is 21.9 Å². The van der Waals surface area contributed by atoms with Gasteiger partial charge in [0.2, 0.25) is 0 Å². The number of halogens is 20. The summed E-state index contributed by atoms with van der Waals surface area (Å²) in [5.41, 5.74) is -7.94. The summed E-state index contributed by atoms with van der Waals surface area (Å²) in [6, 6.07) is 8.22. The fourth-order valence-electron chi connectivity index (χ4n) is 5.78. The second-order valence-corrected chi connectivity index (χ2v) is 10.9. The monoisotopic (exact) mass is 801 g/mol. The van der Waals surface area contributed by atoms with E-state index >= 15 is 35.1 Å². The van der Waals surface area contributed by atoms with Crippen LogP contribution in [0.2, 0.25) is 0 Å². The third kappa shape index (κ3) is 5.99. The zero-order valence-corrected chi connectivity index (χ0v) is 25.9. The van der Waals surface area contributed by atoms with Crippen molar-refractivity contribution in [1.29, 1.82) is 0 Å². The highest BCUT2D eigenvalue weighted by Crippen LogP contribution is 2.30. The third-order valence-electron chi connectivity index (χ3n) is 8.21. The molecule has 0 fully saturated rings. The van der Waals surface area contributed by atoms with E-state index in [1.165, 1.54) is 5.56 Å². The fraction of sp³-hybridized carbons (Fsp3) is 0.0625. The summed E-state index contributed by atoms with van der Waals surface area (Å²) in [4.78, 5) is 0. The Morgan fingerprint density at radius 2 is 0.519 bits per heavy atom. The van der Waals surface area contributed by atoms with Gasteiger partial charge in [0.1, 0.15) is 58.4 Å². The minimum absolute atomic E-state index is 1.08. The van der Waals surface area contributed by atoms with Crippen molar-refractivity contribution in [3.05, 3.63) is 146 Å². The Bertz CT molecular complexity index is 1960. The van der Waals surface area contributed by atoms with Gasteiger partial charge in [0, 0.05) is 5.56 Å². The summed E-state index contributed by atoms with van der Waals surface area (Å²) >= 11 is 0. The molecule has 5 aromatic carbocycles. The van der Waals surface area contributed by atoms with Crippen LogP contribution < -0.4 is 27.6 Å². The van der Waals surface area contributed by atoms with Crippen molar-refractivity contribution in [3.8, 4) is 0 Å². The molecule has 0 saturated carbocycles. The van der Waals surface area contributed by atoms with E-state index in [0.717, 1.165) is 12.1 Å². The Balaban J connectivity index is 0.000000631. The van der Waals surface area contributed by atoms with Crippen LogP contribution in [0.25, 0.3) is 0 Å². The van der Waals surface area contributed by atoms with Gasteiger partial charge in [-0.3, -0.25) is 0 Å². The van der Waals surface area contributed by atoms with Gasteiger partial charge < -0.3 is 5.73 Å². The maximum absolute atomic E-state index is 15.4. The van der Waals surface area contributed by atoms with Crippen molar-refractivity contribution < 1.29 is 93.5 Å². The molecule has 0 radical (unpaired) electrons. The zero-order valence-electron chi connectivity index (χ0n) is 25.9. The Kier molecular flexibility index (Phi) is 11.4. The summed E-state index contributed by atoms with van der Waals surface area (Å²) < 4.78 is 294. The van der Waals surface area contributed by atoms with Crippen molar-refractivity contribution in [2.24, 2.45) is 0 Å². The summed E-state index contributed by atoms with van der Waals surface area (Å²) in [5, 5.41) is 0. The first-order valence-corrected chi connectivity index (χ1v) is 14.2. The highest BCUT2D eigenvalue weighted by molar-refractivity contribution is 7.20. The number of quaternary nitrogens is 1. The average Bonchev–Trinajstić information content (AvgIpc) is 3.15. The van der Waals surface area contributed by atoms with Crippen LogP contribution in [-0.4, -0.2) is 6.15 Å². The lowest BCUT2D eigenvalue weighted by Crippen LogP contribution is -2.81. The molecule has 0 spiro atoms. The lowest BCUT2D eigenvalue weighted by atomic mass is 9.12. The van der Waals surface area contributed by atoms with E-state index in [2.05, 4.69) is 18.7 Å². The van der Waals surface area contributed by atoms with Crippen molar-refractivity contribution >= 4 is 33.7 Å². The smallest absolute Gasteiger partial charge is 0.200 e. The number of benzene rings is 5. The molecule has 0 unspecified atom stereocenters. The molecule has 0 amide bonds. The molecule has 0 aromatic heterocycles. The van der Waals surface area contributed by atoms with Crippen LogP contribution in [0.15, 0.2) is 24.3 Å². The van der Waals surface area contributed by atoms with Gasteiger partial charge in [-0.2, -0.15) is 0 Å². The molecule has 22 heteroatoms. The van der Waals surface area contributed by atoms with Gasteiger partial charge in [0.15, 0.2) is 69.8 Å². The molecule has 3 N–H and O–H groups in total. The summed E-state index contributed by atoms with van der Waals surface area (Å²) in [6.07, 6.45) is -6.13. The Morgan fingerprint density at radius 3 is 0.685 bits per heavy atom. The summed E-state index contributed by atoms with van der Waals surface area (Å²) in [7, 11) is 0. The largest absolute Gasteiger partial charge is 0.325 e. The quantitative estimate of drug-likeness (QED) is 0.0862. The molecule has 5 rings (SSSR count). The van der Waals surface area contributed by atoms with Gasteiger partial charge in [0.05, 0.1) is 0 Å². The molecule has 0 heterocycles. The van der Waals surface area contributed by atoms with Crippen LogP contribution in [0.1, 0.15) is 12.5 Å².